The Hall–Kier alpha value is -3.33. The molecule has 1 aliphatic rings. The summed E-state index contributed by atoms with van der Waals surface area (Å²) < 4.78 is 76.2. The summed E-state index contributed by atoms with van der Waals surface area (Å²) in [5, 5.41) is 12.9. The van der Waals surface area contributed by atoms with Crippen molar-refractivity contribution in [2.24, 2.45) is 5.10 Å². The Morgan fingerprint density at radius 3 is 2.18 bits per heavy atom. The number of ether oxygens (including phenoxy) is 1. The van der Waals surface area contributed by atoms with E-state index in [0.29, 0.717) is 19.4 Å². The van der Waals surface area contributed by atoms with E-state index in [4.69, 9.17) is 9.84 Å². The molecule has 4 rings (SSSR count). The van der Waals surface area contributed by atoms with Crippen LogP contribution >= 0.6 is 38.5 Å². The molecule has 1 N–H and O–H groups in total. The second kappa shape index (κ2) is 10.8. The van der Waals surface area contributed by atoms with Crippen LogP contribution in [0.3, 0.4) is 0 Å². The molecule has 3 aromatic carbocycles. The van der Waals surface area contributed by atoms with Gasteiger partial charge in [0.25, 0.3) is 5.91 Å². The van der Waals surface area contributed by atoms with E-state index in [2.05, 4.69) is 21.0 Å². The zero-order chi connectivity index (χ0) is 27.9. The highest BCUT2D eigenvalue weighted by molar-refractivity contribution is 14.1. The quantitative estimate of drug-likeness (QED) is 0.100. The lowest BCUT2D eigenvalue weighted by molar-refractivity contribution is -0.114. The summed E-state index contributed by atoms with van der Waals surface area (Å²) in [6.07, 6.45) is 1.36. The van der Waals surface area contributed by atoms with Crippen LogP contribution in [0, 0.1) is 32.7 Å². The van der Waals surface area contributed by atoms with E-state index in [-0.39, 0.29) is 28.5 Å². The van der Waals surface area contributed by atoms with E-state index in [1.54, 1.807) is 24.3 Å². The first kappa shape index (κ1) is 27.7. The van der Waals surface area contributed by atoms with Gasteiger partial charge in [-0.2, -0.15) is 10.1 Å². The van der Waals surface area contributed by atoms with Crippen molar-refractivity contribution in [3.8, 4) is 5.75 Å². The molecule has 0 radical (unpaired) electrons. The molecule has 6 nitrogen and oxygen atoms in total. The predicted octanol–water partition coefficient (Wildman–Crippen LogP) is 6.83. The van der Waals surface area contributed by atoms with Crippen molar-refractivity contribution in [2.45, 2.75) is 13.5 Å². The maximum Gasteiger partial charge on any atom is 0.335 e. The number of nitrogens with zero attached hydrogens (tertiary/aromatic N) is 2. The highest BCUT2D eigenvalue weighted by Gasteiger charge is 2.37. The number of carbonyl (C=O) groups is 2. The second-order valence-electron chi connectivity index (χ2n) is 7.88. The van der Waals surface area contributed by atoms with Crippen LogP contribution in [0.4, 0.5) is 27.6 Å². The third kappa shape index (κ3) is 5.16. The molecule has 1 heterocycles. The third-order valence-electron chi connectivity index (χ3n) is 5.38. The van der Waals surface area contributed by atoms with Gasteiger partial charge in [0.2, 0.25) is 5.82 Å². The summed E-state index contributed by atoms with van der Waals surface area (Å²) in [6.45, 7) is 1.49. The minimum absolute atomic E-state index is 0.00444. The van der Waals surface area contributed by atoms with Crippen LogP contribution in [0.2, 0.25) is 0 Å². The molecule has 13 heteroatoms. The van der Waals surface area contributed by atoms with Crippen LogP contribution in [0.5, 0.6) is 5.75 Å². The van der Waals surface area contributed by atoms with Gasteiger partial charge in [-0.3, -0.25) is 4.79 Å². The standard InChI is InChI=1S/C25H13BrF5IN2O4/c1-10-14(24(35)34(33-10)22-20(30)18(28)17(27)19(29)21(22)31)6-12-7-15(26)23(16(32)8-12)38-9-11-2-4-13(5-3-11)25(36)37/h2-8H,9H2,1H3,(H,36,37)/b14-6+. The maximum atomic E-state index is 14.3. The lowest BCUT2D eigenvalue weighted by Gasteiger charge is -2.15. The largest absolute Gasteiger partial charge is 0.487 e. The van der Waals surface area contributed by atoms with Crippen molar-refractivity contribution in [3.63, 3.8) is 0 Å². The average Bonchev–Trinajstić information content (AvgIpc) is 3.14. The highest BCUT2D eigenvalue weighted by atomic mass is 127. The van der Waals surface area contributed by atoms with Crippen molar-refractivity contribution in [1.29, 1.82) is 0 Å². The summed E-state index contributed by atoms with van der Waals surface area (Å²) in [7, 11) is 0. The molecular weight excluding hydrogens is 694 g/mol. The minimum Gasteiger partial charge on any atom is -0.487 e. The van der Waals surface area contributed by atoms with Gasteiger partial charge in [0.05, 0.1) is 24.9 Å². The lowest BCUT2D eigenvalue weighted by Crippen LogP contribution is -2.25. The summed E-state index contributed by atoms with van der Waals surface area (Å²) >= 11 is 5.38. The SMILES string of the molecule is CC1=NN(c2c(F)c(F)c(F)c(F)c2F)C(=O)/C1=C/c1cc(Br)c(OCc2ccc(C(=O)O)cc2)c(I)c1. The van der Waals surface area contributed by atoms with Gasteiger partial charge in [0, 0.05) is 0 Å². The highest BCUT2D eigenvalue weighted by Crippen LogP contribution is 2.36. The number of anilines is 1. The smallest absolute Gasteiger partial charge is 0.335 e. The van der Waals surface area contributed by atoms with E-state index >= 15 is 0 Å². The number of hydrazone groups is 1. The van der Waals surface area contributed by atoms with Gasteiger partial charge in [-0.25, -0.2) is 26.7 Å². The first-order valence-corrected chi connectivity index (χ1v) is 12.3. The molecule has 1 aliphatic heterocycles. The van der Waals surface area contributed by atoms with E-state index in [9.17, 15) is 31.5 Å². The van der Waals surface area contributed by atoms with Crippen LogP contribution in [-0.4, -0.2) is 22.7 Å². The second-order valence-corrected chi connectivity index (χ2v) is 9.90. The van der Waals surface area contributed by atoms with E-state index < -0.39 is 46.6 Å². The van der Waals surface area contributed by atoms with Crippen molar-refractivity contribution >= 4 is 67.9 Å². The summed E-state index contributed by atoms with van der Waals surface area (Å²) in [5.41, 5.74) is -0.276. The van der Waals surface area contributed by atoms with Crippen molar-refractivity contribution < 1.29 is 41.4 Å². The van der Waals surface area contributed by atoms with Crippen LogP contribution in [0.15, 0.2) is 51.5 Å². The molecule has 0 bridgehead atoms. The van der Waals surface area contributed by atoms with E-state index in [1.165, 1.54) is 25.1 Å². The summed E-state index contributed by atoms with van der Waals surface area (Å²) in [6, 6.07) is 9.38. The van der Waals surface area contributed by atoms with E-state index in [1.807, 2.05) is 22.6 Å². The Balaban J connectivity index is 1.59. The Bertz CT molecular complexity index is 1510. The molecule has 0 unspecified atom stereocenters. The molecule has 0 fully saturated rings. The zero-order valence-corrected chi connectivity index (χ0v) is 22.7. The Labute approximate surface area is 233 Å². The van der Waals surface area contributed by atoms with Crippen molar-refractivity contribution in [2.75, 3.05) is 5.01 Å². The number of benzene rings is 3. The van der Waals surface area contributed by atoms with Crippen LogP contribution in [0.25, 0.3) is 6.08 Å². The Morgan fingerprint density at radius 2 is 1.63 bits per heavy atom. The Morgan fingerprint density at radius 1 is 1.05 bits per heavy atom. The zero-order valence-electron chi connectivity index (χ0n) is 19.0. The van der Waals surface area contributed by atoms with Gasteiger partial charge in [0.1, 0.15) is 18.0 Å². The molecule has 196 valence electrons. The number of amides is 1. The number of carboxylic acids is 1. The Kier molecular flexibility index (Phi) is 7.88. The van der Waals surface area contributed by atoms with Gasteiger partial charge in [-0.1, -0.05) is 12.1 Å². The molecule has 0 saturated heterocycles. The number of hydrogen-bond donors (Lipinski definition) is 1. The maximum absolute atomic E-state index is 14.3. The van der Waals surface area contributed by atoms with Gasteiger partial charge in [0.15, 0.2) is 23.3 Å². The van der Waals surface area contributed by atoms with Gasteiger partial charge in [-0.05, 0) is 86.9 Å². The number of rotatable bonds is 6. The topological polar surface area (TPSA) is 79.2 Å². The first-order chi connectivity index (χ1) is 17.9. The average molecular weight is 707 g/mol. The number of halogens is 7. The third-order valence-corrected chi connectivity index (χ3v) is 6.77. The molecular formula is C25H13BrF5IN2O4. The number of aromatic carboxylic acids is 1. The molecule has 1 amide bonds. The fourth-order valence-corrected chi connectivity index (χ4v) is 5.25. The predicted molar refractivity (Wildman–Crippen MR) is 139 cm³/mol. The molecule has 0 aliphatic carbocycles. The van der Waals surface area contributed by atoms with Gasteiger partial charge in [-0.15, -0.1) is 0 Å². The van der Waals surface area contributed by atoms with Crippen LogP contribution < -0.4 is 9.75 Å². The van der Waals surface area contributed by atoms with Crippen LogP contribution in [0.1, 0.15) is 28.4 Å². The molecule has 38 heavy (non-hydrogen) atoms. The van der Waals surface area contributed by atoms with Gasteiger partial charge < -0.3 is 9.84 Å². The lowest BCUT2D eigenvalue weighted by atomic mass is 10.1. The fraction of sp³-hybridized carbons (Fsp3) is 0.0800. The fourth-order valence-electron chi connectivity index (χ4n) is 3.48. The number of carboxylic acid groups (broad SMARTS) is 1. The van der Waals surface area contributed by atoms with Crippen molar-refractivity contribution in [3.05, 3.63) is 95.8 Å². The van der Waals surface area contributed by atoms with Crippen LogP contribution in [-0.2, 0) is 11.4 Å². The molecule has 0 saturated carbocycles. The van der Waals surface area contributed by atoms with Crippen molar-refractivity contribution in [1.82, 2.24) is 0 Å². The first-order valence-electron chi connectivity index (χ1n) is 10.5. The van der Waals surface area contributed by atoms with Gasteiger partial charge >= 0.3 is 5.97 Å². The normalized spacial score (nSPS) is 14.3. The monoisotopic (exact) mass is 706 g/mol. The molecule has 3 aromatic rings. The molecule has 0 atom stereocenters. The number of carbonyl (C=O) groups excluding carboxylic acids is 1. The molecule has 0 spiro atoms. The minimum atomic E-state index is -2.34. The summed E-state index contributed by atoms with van der Waals surface area (Å²) in [5.74, 6) is -12.7. The number of hydrogen-bond acceptors (Lipinski definition) is 4. The summed E-state index contributed by atoms with van der Waals surface area (Å²) in [4.78, 5) is 23.9. The van der Waals surface area contributed by atoms with E-state index in [0.717, 1.165) is 5.56 Å². The molecule has 0 aromatic heterocycles.